The van der Waals surface area contributed by atoms with Crippen LogP contribution < -0.4 is 5.32 Å². The van der Waals surface area contributed by atoms with Gasteiger partial charge in [-0.3, -0.25) is 4.79 Å². The topological polar surface area (TPSA) is 29.1 Å². The van der Waals surface area contributed by atoms with Gasteiger partial charge < -0.3 is 5.32 Å². The van der Waals surface area contributed by atoms with Crippen molar-refractivity contribution in [2.75, 3.05) is 5.32 Å². The summed E-state index contributed by atoms with van der Waals surface area (Å²) in [5, 5.41) is 5.24. The van der Waals surface area contributed by atoms with Crippen LogP contribution in [-0.2, 0) is 6.42 Å². The van der Waals surface area contributed by atoms with Crippen LogP contribution in [0.1, 0.15) is 41.3 Å². The van der Waals surface area contributed by atoms with E-state index in [1.165, 1.54) is 24.0 Å². The molecule has 3 aromatic rings. The molecule has 0 saturated carbocycles. The summed E-state index contributed by atoms with van der Waals surface area (Å²) in [7, 11) is 0. The molecule has 0 radical (unpaired) electrons. The molecule has 0 unspecified atom stereocenters. The van der Waals surface area contributed by atoms with Gasteiger partial charge in [0.15, 0.2) is 0 Å². The van der Waals surface area contributed by atoms with Crippen molar-refractivity contribution >= 4 is 22.4 Å². The third-order valence-corrected chi connectivity index (χ3v) is 4.44. The van der Waals surface area contributed by atoms with Crippen molar-refractivity contribution in [2.45, 2.75) is 33.1 Å². The standard InChI is InChI=1S/C22H23NO/c1-3-4-8-17-13-14-19(15-16(17)2)22(24)23-21-12-7-10-18-9-5-6-11-20(18)21/h5-7,9-15H,3-4,8H2,1-2H3,(H,23,24). The largest absolute Gasteiger partial charge is 0.321 e. The molecule has 3 rings (SSSR count). The maximum atomic E-state index is 12.6. The number of hydrogen-bond acceptors (Lipinski definition) is 1. The van der Waals surface area contributed by atoms with Gasteiger partial charge in [-0.15, -0.1) is 0 Å². The minimum Gasteiger partial charge on any atom is -0.321 e. The fraction of sp³-hybridized carbons (Fsp3) is 0.227. The fourth-order valence-electron chi connectivity index (χ4n) is 3.01. The van der Waals surface area contributed by atoms with Gasteiger partial charge in [-0.25, -0.2) is 0 Å². The van der Waals surface area contributed by atoms with Gasteiger partial charge in [-0.1, -0.05) is 55.8 Å². The number of carbonyl (C=O) groups is 1. The van der Waals surface area contributed by atoms with Crippen LogP contribution in [0.5, 0.6) is 0 Å². The first-order chi connectivity index (χ1) is 11.7. The van der Waals surface area contributed by atoms with E-state index in [1.54, 1.807) is 0 Å². The summed E-state index contributed by atoms with van der Waals surface area (Å²) in [4.78, 5) is 12.6. The monoisotopic (exact) mass is 317 g/mol. The van der Waals surface area contributed by atoms with E-state index in [0.29, 0.717) is 5.56 Å². The Morgan fingerprint density at radius 3 is 2.58 bits per heavy atom. The summed E-state index contributed by atoms with van der Waals surface area (Å²) >= 11 is 0. The molecule has 0 bridgehead atoms. The Labute approximate surface area is 143 Å². The van der Waals surface area contributed by atoms with Gasteiger partial charge in [-0.2, -0.15) is 0 Å². The van der Waals surface area contributed by atoms with Gasteiger partial charge in [0.1, 0.15) is 0 Å². The second kappa shape index (κ2) is 7.31. The highest BCUT2D eigenvalue weighted by molar-refractivity contribution is 6.09. The Bertz CT molecular complexity index is 861. The number of anilines is 1. The van der Waals surface area contributed by atoms with Crippen LogP contribution in [0, 0.1) is 6.92 Å². The molecule has 0 spiro atoms. The van der Waals surface area contributed by atoms with Gasteiger partial charge in [0.25, 0.3) is 5.91 Å². The van der Waals surface area contributed by atoms with Crippen molar-refractivity contribution in [3.8, 4) is 0 Å². The number of aryl methyl sites for hydroxylation is 2. The van der Waals surface area contributed by atoms with E-state index < -0.39 is 0 Å². The number of amides is 1. The summed E-state index contributed by atoms with van der Waals surface area (Å²) in [5.74, 6) is -0.0588. The van der Waals surface area contributed by atoms with Crippen molar-refractivity contribution in [2.24, 2.45) is 0 Å². The summed E-state index contributed by atoms with van der Waals surface area (Å²) < 4.78 is 0. The number of unbranched alkanes of at least 4 members (excludes halogenated alkanes) is 1. The molecule has 2 heteroatoms. The molecule has 24 heavy (non-hydrogen) atoms. The summed E-state index contributed by atoms with van der Waals surface area (Å²) in [6.07, 6.45) is 3.44. The number of rotatable bonds is 5. The fourth-order valence-corrected chi connectivity index (χ4v) is 3.01. The van der Waals surface area contributed by atoms with Crippen LogP contribution in [0.3, 0.4) is 0 Å². The highest BCUT2D eigenvalue weighted by Crippen LogP contribution is 2.24. The minimum absolute atomic E-state index is 0.0588. The zero-order valence-corrected chi connectivity index (χ0v) is 14.3. The highest BCUT2D eigenvalue weighted by atomic mass is 16.1. The minimum atomic E-state index is -0.0588. The molecular formula is C22H23NO. The molecule has 1 N–H and O–H groups in total. The molecule has 1 amide bonds. The van der Waals surface area contributed by atoms with Crippen molar-refractivity contribution in [3.63, 3.8) is 0 Å². The van der Waals surface area contributed by atoms with Crippen LogP contribution in [0.2, 0.25) is 0 Å². The zero-order valence-electron chi connectivity index (χ0n) is 14.3. The lowest BCUT2D eigenvalue weighted by atomic mass is 10.00. The number of carbonyl (C=O) groups excluding carboxylic acids is 1. The molecule has 0 atom stereocenters. The summed E-state index contributed by atoms with van der Waals surface area (Å²) in [5.41, 5.74) is 4.08. The Kier molecular flexibility index (Phi) is 4.95. The van der Waals surface area contributed by atoms with Crippen molar-refractivity contribution in [1.29, 1.82) is 0 Å². The van der Waals surface area contributed by atoms with E-state index in [1.807, 2.05) is 42.5 Å². The molecule has 122 valence electrons. The van der Waals surface area contributed by atoms with Crippen LogP contribution in [0.25, 0.3) is 10.8 Å². The van der Waals surface area contributed by atoms with E-state index in [9.17, 15) is 4.79 Å². The predicted molar refractivity (Wildman–Crippen MR) is 102 cm³/mol. The van der Waals surface area contributed by atoms with Crippen LogP contribution in [-0.4, -0.2) is 5.91 Å². The van der Waals surface area contributed by atoms with Crippen LogP contribution in [0.4, 0.5) is 5.69 Å². The average Bonchev–Trinajstić information content (AvgIpc) is 2.61. The van der Waals surface area contributed by atoms with E-state index in [0.717, 1.165) is 22.9 Å². The van der Waals surface area contributed by atoms with Gasteiger partial charge in [0.2, 0.25) is 0 Å². The lowest BCUT2D eigenvalue weighted by Gasteiger charge is -2.11. The molecular weight excluding hydrogens is 294 g/mol. The molecule has 0 saturated heterocycles. The molecule has 0 heterocycles. The third-order valence-electron chi connectivity index (χ3n) is 4.44. The Morgan fingerprint density at radius 2 is 1.79 bits per heavy atom. The predicted octanol–water partition coefficient (Wildman–Crippen LogP) is 5.74. The molecule has 3 aromatic carbocycles. The molecule has 0 aliphatic rings. The van der Waals surface area contributed by atoms with Crippen molar-refractivity contribution in [3.05, 3.63) is 77.4 Å². The average molecular weight is 317 g/mol. The van der Waals surface area contributed by atoms with Gasteiger partial charge in [0.05, 0.1) is 0 Å². The van der Waals surface area contributed by atoms with Crippen LogP contribution in [0.15, 0.2) is 60.7 Å². The maximum Gasteiger partial charge on any atom is 0.255 e. The van der Waals surface area contributed by atoms with Crippen molar-refractivity contribution < 1.29 is 4.79 Å². The SMILES string of the molecule is CCCCc1ccc(C(=O)Nc2cccc3ccccc23)cc1C. The maximum absolute atomic E-state index is 12.6. The smallest absolute Gasteiger partial charge is 0.255 e. The Balaban J connectivity index is 1.83. The second-order valence-electron chi connectivity index (χ2n) is 6.23. The zero-order chi connectivity index (χ0) is 16.9. The van der Waals surface area contributed by atoms with Gasteiger partial charge in [-0.05, 0) is 54.5 Å². The number of hydrogen-bond donors (Lipinski definition) is 1. The van der Waals surface area contributed by atoms with E-state index in [2.05, 4.69) is 37.4 Å². The number of nitrogens with one attached hydrogen (secondary N) is 1. The number of fused-ring (bicyclic) bond motifs is 1. The molecule has 0 fully saturated rings. The third kappa shape index (κ3) is 3.48. The van der Waals surface area contributed by atoms with Gasteiger partial charge >= 0.3 is 0 Å². The summed E-state index contributed by atoms with van der Waals surface area (Å²) in [6, 6.07) is 20.1. The van der Waals surface area contributed by atoms with E-state index in [4.69, 9.17) is 0 Å². The van der Waals surface area contributed by atoms with Crippen LogP contribution >= 0.6 is 0 Å². The molecule has 0 aliphatic carbocycles. The molecule has 0 aromatic heterocycles. The summed E-state index contributed by atoms with van der Waals surface area (Å²) in [6.45, 7) is 4.28. The lowest BCUT2D eigenvalue weighted by Crippen LogP contribution is -2.12. The quantitative estimate of drug-likeness (QED) is 0.638. The molecule has 0 aliphatic heterocycles. The highest BCUT2D eigenvalue weighted by Gasteiger charge is 2.10. The Hall–Kier alpha value is -2.61. The van der Waals surface area contributed by atoms with Crippen molar-refractivity contribution in [1.82, 2.24) is 0 Å². The first-order valence-electron chi connectivity index (χ1n) is 8.57. The van der Waals surface area contributed by atoms with Gasteiger partial charge in [0, 0.05) is 16.6 Å². The first kappa shape index (κ1) is 16.3. The first-order valence-corrected chi connectivity index (χ1v) is 8.57. The molecule has 2 nitrogen and oxygen atoms in total. The normalized spacial score (nSPS) is 10.8. The lowest BCUT2D eigenvalue weighted by molar-refractivity contribution is 0.102. The van der Waals surface area contributed by atoms with E-state index >= 15 is 0 Å². The second-order valence-corrected chi connectivity index (χ2v) is 6.23. The van der Waals surface area contributed by atoms with E-state index in [-0.39, 0.29) is 5.91 Å². The Morgan fingerprint density at radius 1 is 1.00 bits per heavy atom. The number of benzene rings is 3.